The van der Waals surface area contributed by atoms with Crippen LogP contribution >= 0.6 is 0 Å². The van der Waals surface area contributed by atoms with E-state index in [-0.39, 0.29) is 23.7 Å². The van der Waals surface area contributed by atoms with E-state index in [1.54, 1.807) is 36.0 Å². The van der Waals surface area contributed by atoms with Crippen LogP contribution in [-0.4, -0.2) is 73.5 Å². The van der Waals surface area contributed by atoms with Crippen LogP contribution in [0, 0.1) is 11.7 Å². The summed E-state index contributed by atoms with van der Waals surface area (Å²) in [4.78, 5) is 30.4. The van der Waals surface area contributed by atoms with Gasteiger partial charge in [-0.1, -0.05) is 36.4 Å². The molecule has 0 aliphatic carbocycles. The molecule has 8 heteroatoms. The first kappa shape index (κ1) is 24.0. The van der Waals surface area contributed by atoms with Gasteiger partial charge in [0.1, 0.15) is 17.7 Å². The van der Waals surface area contributed by atoms with Crippen LogP contribution in [-0.2, 0) is 11.3 Å². The van der Waals surface area contributed by atoms with Gasteiger partial charge in [-0.2, -0.15) is 0 Å². The number of likely N-dealkylation sites (tertiary alicyclic amines) is 1. The lowest BCUT2D eigenvalue weighted by molar-refractivity contribution is -0.126. The van der Waals surface area contributed by atoms with Crippen LogP contribution < -0.4 is 10.1 Å². The summed E-state index contributed by atoms with van der Waals surface area (Å²) in [7, 11) is 3.48. The zero-order valence-corrected chi connectivity index (χ0v) is 19.9. The lowest BCUT2D eigenvalue weighted by atomic mass is 9.96. The van der Waals surface area contributed by atoms with Crippen LogP contribution in [0.4, 0.5) is 9.18 Å². The maximum absolute atomic E-state index is 14.5. The molecule has 1 saturated heterocycles. The molecule has 4 rings (SSSR count). The van der Waals surface area contributed by atoms with Gasteiger partial charge in [-0.15, -0.1) is 0 Å². The number of benzene rings is 2. The third-order valence-electron chi connectivity index (χ3n) is 6.56. The highest BCUT2D eigenvalue weighted by atomic mass is 19.1. The Morgan fingerprint density at radius 1 is 1.09 bits per heavy atom. The first-order valence-corrected chi connectivity index (χ1v) is 11.9. The number of fused-ring (bicyclic) bond motifs is 1. The summed E-state index contributed by atoms with van der Waals surface area (Å²) in [5, 5.41) is 3.07. The SMILES string of the molecule is CN(C)C(=O)N1CCC(C(=O)NCCN2Cc3ccccc3OC(c3ccccc3F)C2)CC1. The quantitative estimate of drug-likeness (QED) is 0.732. The molecule has 0 radical (unpaired) electrons. The molecule has 7 nitrogen and oxygen atoms in total. The van der Waals surface area contributed by atoms with Crippen molar-refractivity contribution in [2.45, 2.75) is 25.5 Å². The molecule has 0 saturated carbocycles. The number of nitrogens with one attached hydrogen (secondary N) is 1. The largest absolute Gasteiger partial charge is 0.484 e. The fourth-order valence-electron chi connectivity index (χ4n) is 4.65. The monoisotopic (exact) mass is 468 g/mol. The van der Waals surface area contributed by atoms with E-state index >= 15 is 0 Å². The van der Waals surface area contributed by atoms with Gasteiger partial charge in [-0.05, 0) is 25.0 Å². The Kier molecular flexibility index (Phi) is 7.67. The van der Waals surface area contributed by atoms with E-state index in [1.165, 1.54) is 6.07 Å². The molecular weight excluding hydrogens is 435 g/mol. The van der Waals surface area contributed by atoms with Gasteiger partial charge in [0.25, 0.3) is 0 Å². The zero-order chi connectivity index (χ0) is 24.1. The first-order valence-electron chi connectivity index (χ1n) is 11.9. The molecule has 2 heterocycles. The number of hydrogen-bond acceptors (Lipinski definition) is 4. The molecule has 0 spiro atoms. The van der Waals surface area contributed by atoms with Crippen molar-refractivity contribution in [1.82, 2.24) is 20.0 Å². The third kappa shape index (κ3) is 5.67. The van der Waals surface area contributed by atoms with Crippen molar-refractivity contribution in [2.75, 3.05) is 46.8 Å². The summed E-state index contributed by atoms with van der Waals surface area (Å²) in [6.45, 7) is 3.52. The second-order valence-corrected chi connectivity index (χ2v) is 9.20. The van der Waals surface area contributed by atoms with Crippen LogP contribution in [0.5, 0.6) is 5.75 Å². The lowest BCUT2D eigenvalue weighted by Gasteiger charge is -2.33. The van der Waals surface area contributed by atoms with Crippen molar-refractivity contribution >= 4 is 11.9 Å². The van der Waals surface area contributed by atoms with Gasteiger partial charge in [0.05, 0.1) is 0 Å². The van der Waals surface area contributed by atoms with Crippen molar-refractivity contribution in [3.63, 3.8) is 0 Å². The molecular formula is C26H33FN4O3. The standard InChI is InChI=1S/C26H33FN4O3/c1-29(2)26(33)31-14-11-19(12-15-31)25(32)28-13-16-30-17-20-7-3-6-10-23(20)34-24(18-30)21-8-4-5-9-22(21)27/h3-10,19,24H,11-18H2,1-2H3,(H,28,32). The Hall–Kier alpha value is -3.13. The molecule has 1 fully saturated rings. The van der Waals surface area contributed by atoms with E-state index in [2.05, 4.69) is 10.2 Å². The molecule has 2 aromatic carbocycles. The molecule has 34 heavy (non-hydrogen) atoms. The number of amides is 3. The molecule has 3 amide bonds. The van der Waals surface area contributed by atoms with Gasteiger partial charge < -0.3 is 19.9 Å². The van der Waals surface area contributed by atoms with Gasteiger partial charge in [-0.3, -0.25) is 9.69 Å². The molecule has 0 aromatic heterocycles. The highest BCUT2D eigenvalue weighted by Crippen LogP contribution is 2.31. The van der Waals surface area contributed by atoms with Crippen molar-refractivity contribution < 1.29 is 18.7 Å². The molecule has 0 bridgehead atoms. The van der Waals surface area contributed by atoms with Gasteiger partial charge >= 0.3 is 6.03 Å². The topological polar surface area (TPSA) is 65.1 Å². The molecule has 1 N–H and O–H groups in total. The number of halogens is 1. The van der Waals surface area contributed by atoms with Gasteiger partial charge in [0, 0.05) is 70.4 Å². The Labute approximate surface area is 200 Å². The van der Waals surface area contributed by atoms with E-state index < -0.39 is 6.10 Å². The second kappa shape index (κ2) is 10.9. The van der Waals surface area contributed by atoms with Gasteiger partial charge in [0.15, 0.2) is 0 Å². The van der Waals surface area contributed by atoms with E-state index in [9.17, 15) is 14.0 Å². The Bertz CT molecular complexity index is 1010. The Morgan fingerprint density at radius 2 is 1.79 bits per heavy atom. The summed E-state index contributed by atoms with van der Waals surface area (Å²) >= 11 is 0. The van der Waals surface area contributed by atoms with E-state index in [4.69, 9.17) is 4.74 Å². The summed E-state index contributed by atoms with van der Waals surface area (Å²) in [6, 6.07) is 14.5. The fourth-order valence-corrected chi connectivity index (χ4v) is 4.65. The van der Waals surface area contributed by atoms with Crippen molar-refractivity contribution in [1.29, 1.82) is 0 Å². The van der Waals surface area contributed by atoms with E-state index in [0.29, 0.717) is 57.7 Å². The lowest BCUT2D eigenvalue weighted by Crippen LogP contribution is -2.47. The minimum Gasteiger partial charge on any atom is -0.484 e. The summed E-state index contributed by atoms with van der Waals surface area (Å²) < 4.78 is 20.7. The minimum atomic E-state index is -0.431. The van der Waals surface area contributed by atoms with Crippen LogP contribution in [0.1, 0.15) is 30.1 Å². The number of hydrogen-bond donors (Lipinski definition) is 1. The molecule has 182 valence electrons. The normalized spacial score (nSPS) is 19.0. The predicted molar refractivity (Wildman–Crippen MR) is 128 cm³/mol. The van der Waals surface area contributed by atoms with Crippen LogP contribution in [0.25, 0.3) is 0 Å². The Morgan fingerprint density at radius 3 is 2.53 bits per heavy atom. The summed E-state index contributed by atoms with van der Waals surface area (Å²) in [5.41, 5.74) is 1.58. The predicted octanol–water partition coefficient (Wildman–Crippen LogP) is 3.27. The average Bonchev–Trinajstić information content (AvgIpc) is 3.03. The number of piperidine rings is 1. The van der Waals surface area contributed by atoms with Crippen molar-refractivity contribution in [3.8, 4) is 5.75 Å². The van der Waals surface area contributed by atoms with Crippen molar-refractivity contribution in [2.24, 2.45) is 5.92 Å². The van der Waals surface area contributed by atoms with E-state index in [1.807, 2.05) is 30.3 Å². The third-order valence-corrected chi connectivity index (χ3v) is 6.56. The van der Waals surface area contributed by atoms with Gasteiger partial charge in [0.2, 0.25) is 5.91 Å². The Balaban J connectivity index is 1.33. The number of ether oxygens (including phenoxy) is 1. The smallest absolute Gasteiger partial charge is 0.319 e. The average molecular weight is 469 g/mol. The summed E-state index contributed by atoms with van der Waals surface area (Å²) in [6.07, 6.45) is 0.913. The number of carbonyl (C=O) groups is 2. The van der Waals surface area contributed by atoms with E-state index in [0.717, 1.165) is 11.3 Å². The molecule has 1 atom stereocenters. The first-order chi connectivity index (χ1) is 16.4. The number of carbonyl (C=O) groups excluding carboxylic acids is 2. The maximum Gasteiger partial charge on any atom is 0.319 e. The van der Waals surface area contributed by atoms with Gasteiger partial charge in [-0.25, -0.2) is 9.18 Å². The number of nitrogens with zero attached hydrogens (tertiary/aromatic N) is 3. The highest BCUT2D eigenvalue weighted by Gasteiger charge is 2.29. The van der Waals surface area contributed by atoms with Crippen LogP contribution in [0.2, 0.25) is 0 Å². The number of para-hydroxylation sites is 1. The number of urea groups is 1. The van der Waals surface area contributed by atoms with Crippen LogP contribution in [0.3, 0.4) is 0 Å². The molecule has 1 unspecified atom stereocenters. The number of rotatable bonds is 5. The minimum absolute atomic E-state index is 0.00747. The second-order valence-electron chi connectivity index (χ2n) is 9.20. The maximum atomic E-state index is 14.5. The summed E-state index contributed by atoms with van der Waals surface area (Å²) in [5.74, 6) is 0.445. The molecule has 2 aromatic rings. The molecule has 2 aliphatic heterocycles. The fraction of sp³-hybridized carbons (Fsp3) is 0.462. The van der Waals surface area contributed by atoms with Crippen LogP contribution in [0.15, 0.2) is 48.5 Å². The zero-order valence-electron chi connectivity index (χ0n) is 19.9. The molecule has 2 aliphatic rings. The highest BCUT2D eigenvalue weighted by molar-refractivity contribution is 5.79. The van der Waals surface area contributed by atoms with Crippen molar-refractivity contribution in [3.05, 3.63) is 65.5 Å².